The zero-order valence-electron chi connectivity index (χ0n) is 14.4. The van der Waals surface area contributed by atoms with Crippen molar-refractivity contribution >= 4 is 28.7 Å². The molecular formula is C18H20N4O4. The standard InChI is InChI=1S/C18H20N4O4/c1-19-17-7-6-15(22(24)25)12-16(17)18(23)20-13-2-4-14(5-3-13)21-8-10-26-11-9-21/h2-7,12,19H,8-11H2,1H3,(H,20,23). The van der Waals surface area contributed by atoms with Gasteiger partial charge in [0.1, 0.15) is 0 Å². The van der Waals surface area contributed by atoms with E-state index in [2.05, 4.69) is 15.5 Å². The van der Waals surface area contributed by atoms with Crippen LogP contribution in [0, 0.1) is 10.1 Å². The third-order valence-corrected chi connectivity index (χ3v) is 4.23. The number of ether oxygens (including phenoxy) is 1. The van der Waals surface area contributed by atoms with Gasteiger partial charge in [0.25, 0.3) is 11.6 Å². The number of benzene rings is 2. The van der Waals surface area contributed by atoms with Crippen molar-refractivity contribution in [1.82, 2.24) is 0 Å². The first-order chi connectivity index (χ1) is 12.6. The lowest BCUT2D eigenvalue weighted by Crippen LogP contribution is -2.36. The van der Waals surface area contributed by atoms with E-state index >= 15 is 0 Å². The summed E-state index contributed by atoms with van der Waals surface area (Å²) in [4.78, 5) is 25.2. The van der Waals surface area contributed by atoms with E-state index < -0.39 is 10.8 Å². The predicted octanol–water partition coefficient (Wildman–Crippen LogP) is 2.73. The lowest BCUT2D eigenvalue weighted by atomic mass is 10.1. The van der Waals surface area contributed by atoms with E-state index in [0.717, 1.165) is 18.8 Å². The second kappa shape index (κ2) is 7.83. The molecule has 1 saturated heterocycles. The van der Waals surface area contributed by atoms with E-state index in [1.165, 1.54) is 18.2 Å². The van der Waals surface area contributed by atoms with Crippen LogP contribution in [0.25, 0.3) is 0 Å². The predicted molar refractivity (Wildman–Crippen MR) is 100 cm³/mol. The zero-order chi connectivity index (χ0) is 18.5. The minimum Gasteiger partial charge on any atom is -0.387 e. The molecule has 2 N–H and O–H groups in total. The number of rotatable bonds is 5. The van der Waals surface area contributed by atoms with Crippen LogP contribution in [0.4, 0.5) is 22.7 Å². The highest BCUT2D eigenvalue weighted by Gasteiger charge is 2.17. The quantitative estimate of drug-likeness (QED) is 0.632. The summed E-state index contributed by atoms with van der Waals surface area (Å²) in [5.41, 5.74) is 2.31. The van der Waals surface area contributed by atoms with Gasteiger partial charge < -0.3 is 20.3 Å². The van der Waals surface area contributed by atoms with Crippen LogP contribution < -0.4 is 15.5 Å². The lowest BCUT2D eigenvalue weighted by Gasteiger charge is -2.28. The summed E-state index contributed by atoms with van der Waals surface area (Å²) in [5.74, 6) is -0.405. The Labute approximate surface area is 150 Å². The third-order valence-electron chi connectivity index (χ3n) is 4.23. The largest absolute Gasteiger partial charge is 0.387 e. The molecule has 0 bridgehead atoms. The molecule has 1 aliphatic heterocycles. The van der Waals surface area contributed by atoms with Crippen molar-refractivity contribution in [3.05, 3.63) is 58.1 Å². The average Bonchev–Trinajstić information content (AvgIpc) is 2.68. The summed E-state index contributed by atoms with van der Waals surface area (Å²) in [6, 6.07) is 11.7. The van der Waals surface area contributed by atoms with Gasteiger partial charge in [0.2, 0.25) is 0 Å². The number of nitrogens with zero attached hydrogens (tertiary/aromatic N) is 2. The molecule has 26 heavy (non-hydrogen) atoms. The maximum Gasteiger partial charge on any atom is 0.270 e. The Kier molecular flexibility index (Phi) is 5.33. The van der Waals surface area contributed by atoms with Crippen LogP contribution in [-0.4, -0.2) is 44.2 Å². The van der Waals surface area contributed by atoms with Gasteiger partial charge >= 0.3 is 0 Å². The van der Waals surface area contributed by atoms with Crippen molar-refractivity contribution < 1.29 is 14.5 Å². The van der Waals surface area contributed by atoms with Crippen LogP contribution in [-0.2, 0) is 4.74 Å². The second-order valence-corrected chi connectivity index (χ2v) is 5.84. The number of hydrogen-bond donors (Lipinski definition) is 2. The van der Waals surface area contributed by atoms with Crippen LogP contribution >= 0.6 is 0 Å². The first-order valence-corrected chi connectivity index (χ1v) is 8.29. The van der Waals surface area contributed by atoms with Gasteiger partial charge in [-0.2, -0.15) is 0 Å². The van der Waals surface area contributed by atoms with E-state index in [1.54, 1.807) is 7.05 Å². The minimum atomic E-state index is -0.520. The number of carbonyl (C=O) groups excluding carboxylic acids is 1. The molecule has 0 aliphatic carbocycles. The number of amides is 1. The molecule has 0 saturated carbocycles. The smallest absolute Gasteiger partial charge is 0.270 e. The van der Waals surface area contributed by atoms with Crippen molar-refractivity contribution in [3.8, 4) is 0 Å². The number of nitro groups is 1. The molecule has 1 aliphatic rings. The van der Waals surface area contributed by atoms with Crippen LogP contribution in [0.1, 0.15) is 10.4 Å². The first kappa shape index (κ1) is 17.7. The van der Waals surface area contributed by atoms with Gasteiger partial charge in [-0.25, -0.2) is 0 Å². The van der Waals surface area contributed by atoms with E-state index in [4.69, 9.17) is 4.74 Å². The fourth-order valence-corrected chi connectivity index (χ4v) is 2.83. The van der Waals surface area contributed by atoms with E-state index in [9.17, 15) is 14.9 Å². The van der Waals surface area contributed by atoms with E-state index in [0.29, 0.717) is 24.6 Å². The minimum absolute atomic E-state index is 0.128. The SMILES string of the molecule is CNc1ccc([N+](=O)[O-])cc1C(=O)Nc1ccc(N2CCOCC2)cc1. The number of nitrogens with one attached hydrogen (secondary N) is 2. The Morgan fingerprint density at radius 2 is 1.85 bits per heavy atom. The van der Waals surface area contributed by atoms with Gasteiger partial charge in [-0.15, -0.1) is 0 Å². The molecule has 0 aromatic heterocycles. The highest BCUT2D eigenvalue weighted by Crippen LogP contribution is 2.24. The Morgan fingerprint density at radius 3 is 2.46 bits per heavy atom. The Morgan fingerprint density at radius 1 is 1.15 bits per heavy atom. The summed E-state index contributed by atoms with van der Waals surface area (Å²) in [7, 11) is 1.66. The Bertz CT molecular complexity index is 801. The molecule has 0 radical (unpaired) electrons. The topological polar surface area (TPSA) is 96.7 Å². The third kappa shape index (κ3) is 3.92. The fourth-order valence-electron chi connectivity index (χ4n) is 2.83. The molecule has 136 valence electrons. The fraction of sp³-hybridized carbons (Fsp3) is 0.278. The van der Waals surface area contributed by atoms with Gasteiger partial charge in [-0.3, -0.25) is 14.9 Å². The first-order valence-electron chi connectivity index (χ1n) is 8.29. The van der Waals surface area contributed by atoms with Gasteiger partial charge in [0.15, 0.2) is 0 Å². The molecule has 2 aromatic carbocycles. The summed E-state index contributed by atoms with van der Waals surface area (Å²) >= 11 is 0. The normalized spacial score (nSPS) is 14.0. The molecule has 1 fully saturated rings. The Hall–Kier alpha value is -3.13. The van der Waals surface area contributed by atoms with E-state index in [-0.39, 0.29) is 11.3 Å². The van der Waals surface area contributed by atoms with Crippen molar-refractivity contribution in [1.29, 1.82) is 0 Å². The zero-order valence-corrected chi connectivity index (χ0v) is 14.4. The summed E-state index contributed by atoms with van der Waals surface area (Å²) in [6.07, 6.45) is 0. The average molecular weight is 356 g/mol. The monoisotopic (exact) mass is 356 g/mol. The highest BCUT2D eigenvalue weighted by molar-refractivity contribution is 6.08. The molecular weight excluding hydrogens is 336 g/mol. The molecule has 0 unspecified atom stereocenters. The summed E-state index contributed by atoms with van der Waals surface area (Å²) in [6.45, 7) is 3.09. The van der Waals surface area contributed by atoms with Gasteiger partial charge in [-0.1, -0.05) is 0 Å². The molecule has 3 rings (SSSR count). The number of non-ortho nitro benzene ring substituents is 1. The van der Waals surface area contributed by atoms with Crippen molar-refractivity contribution in [2.75, 3.05) is 48.9 Å². The Balaban J connectivity index is 1.75. The van der Waals surface area contributed by atoms with Gasteiger partial charge in [-0.05, 0) is 30.3 Å². The molecule has 2 aromatic rings. The number of morpholine rings is 1. The van der Waals surface area contributed by atoms with Crippen molar-refractivity contribution in [3.63, 3.8) is 0 Å². The molecule has 1 amide bonds. The molecule has 1 heterocycles. The molecule has 0 spiro atoms. The van der Waals surface area contributed by atoms with Crippen LogP contribution in [0.2, 0.25) is 0 Å². The maximum atomic E-state index is 12.6. The van der Waals surface area contributed by atoms with Crippen LogP contribution in [0.3, 0.4) is 0 Å². The van der Waals surface area contributed by atoms with Crippen LogP contribution in [0.5, 0.6) is 0 Å². The van der Waals surface area contributed by atoms with E-state index in [1.807, 2.05) is 24.3 Å². The van der Waals surface area contributed by atoms with Gasteiger partial charge in [0, 0.05) is 49.3 Å². The lowest BCUT2D eigenvalue weighted by molar-refractivity contribution is -0.384. The van der Waals surface area contributed by atoms with Crippen molar-refractivity contribution in [2.24, 2.45) is 0 Å². The summed E-state index contributed by atoms with van der Waals surface area (Å²) < 4.78 is 5.34. The second-order valence-electron chi connectivity index (χ2n) is 5.84. The van der Waals surface area contributed by atoms with Crippen molar-refractivity contribution in [2.45, 2.75) is 0 Å². The van der Waals surface area contributed by atoms with Gasteiger partial charge in [0.05, 0.1) is 23.7 Å². The summed E-state index contributed by atoms with van der Waals surface area (Å²) in [5, 5.41) is 16.6. The van der Waals surface area contributed by atoms with Crippen LogP contribution in [0.15, 0.2) is 42.5 Å². The highest BCUT2D eigenvalue weighted by atomic mass is 16.6. The number of nitro benzene ring substituents is 1. The number of anilines is 3. The number of hydrogen-bond acceptors (Lipinski definition) is 6. The molecule has 8 nitrogen and oxygen atoms in total. The maximum absolute atomic E-state index is 12.6. The molecule has 0 atom stereocenters. The number of carbonyl (C=O) groups is 1. The molecule has 8 heteroatoms.